The van der Waals surface area contributed by atoms with Crippen LogP contribution < -0.4 is 0 Å². The van der Waals surface area contributed by atoms with Crippen LogP contribution in [0.1, 0.15) is 18.1 Å². The topological polar surface area (TPSA) is 0 Å². The number of hydrogen-bond acceptors (Lipinski definition) is 0. The van der Waals surface area contributed by atoms with Crippen molar-refractivity contribution in [3.05, 3.63) is 54.1 Å². The Morgan fingerprint density at radius 1 is 1.42 bits per heavy atom. The largest absolute Gasteiger partial charge is 0.0991 e. The highest BCUT2D eigenvalue weighted by atomic mass is 14.0. The normalized spacial score (nSPS) is 11.3. The summed E-state index contributed by atoms with van der Waals surface area (Å²) < 4.78 is 0. The fraction of sp³-hybridized carbons (Fsp3) is 0.167. The molecule has 1 aromatic rings. The van der Waals surface area contributed by atoms with Crippen LogP contribution in [0.4, 0.5) is 0 Å². The first-order chi connectivity index (χ1) is 5.74. The van der Waals surface area contributed by atoms with E-state index in [1.54, 1.807) is 0 Å². The quantitative estimate of drug-likeness (QED) is 0.577. The van der Waals surface area contributed by atoms with Crippen molar-refractivity contribution in [2.75, 3.05) is 0 Å². The van der Waals surface area contributed by atoms with Crippen LogP contribution in [0, 0.1) is 6.92 Å². The van der Waals surface area contributed by atoms with Crippen molar-refractivity contribution in [3.8, 4) is 0 Å². The summed E-state index contributed by atoms with van der Waals surface area (Å²) >= 11 is 0. The van der Waals surface area contributed by atoms with Gasteiger partial charge in [0, 0.05) is 0 Å². The maximum Gasteiger partial charge on any atom is -0.0225 e. The first-order valence-corrected chi connectivity index (χ1v) is 4.10. The molecule has 0 heteroatoms. The number of allylic oxidation sites excluding steroid dienone is 3. The number of benzene rings is 1. The number of hydrogen-bond donors (Lipinski definition) is 0. The van der Waals surface area contributed by atoms with Crippen molar-refractivity contribution >= 4 is 5.57 Å². The van der Waals surface area contributed by atoms with Crippen molar-refractivity contribution in [3.63, 3.8) is 0 Å². The van der Waals surface area contributed by atoms with Crippen LogP contribution in [-0.2, 0) is 0 Å². The Labute approximate surface area is 74.2 Å². The third kappa shape index (κ3) is 2.09. The zero-order chi connectivity index (χ0) is 8.97. The maximum absolute atomic E-state index is 3.67. The molecular formula is C12H14. The van der Waals surface area contributed by atoms with Crippen molar-refractivity contribution in [2.24, 2.45) is 0 Å². The molecule has 0 unspecified atom stereocenters. The second-order valence-electron chi connectivity index (χ2n) is 2.95. The molecule has 0 N–H and O–H groups in total. The molecule has 0 bridgehead atoms. The van der Waals surface area contributed by atoms with Gasteiger partial charge in [-0.2, -0.15) is 0 Å². The van der Waals surface area contributed by atoms with Crippen LogP contribution in [0.2, 0.25) is 0 Å². The lowest BCUT2D eigenvalue weighted by atomic mass is 10.1. The van der Waals surface area contributed by atoms with Crippen molar-refractivity contribution in [2.45, 2.75) is 13.8 Å². The molecule has 0 nitrogen and oxygen atoms in total. The molecule has 0 saturated carbocycles. The monoisotopic (exact) mass is 158 g/mol. The second kappa shape index (κ2) is 3.91. The Hall–Kier alpha value is -1.30. The van der Waals surface area contributed by atoms with Gasteiger partial charge in [0.1, 0.15) is 0 Å². The Morgan fingerprint density at radius 3 is 2.75 bits per heavy atom. The average Bonchev–Trinajstić information content (AvgIpc) is 2.05. The third-order valence-electron chi connectivity index (χ3n) is 1.84. The smallest absolute Gasteiger partial charge is 0.0225 e. The molecule has 0 spiro atoms. The van der Waals surface area contributed by atoms with E-state index in [1.807, 2.05) is 12.2 Å². The number of aryl methyl sites for hydroxylation is 1. The van der Waals surface area contributed by atoms with Gasteiger partial charge in [0.15, 0.2) is 0 Å². The van der Waals surface area contributed by atoms with Gasteiger partial charge in [0.25, 0.3) is 0 Å². The molecular weight excluding hydrogens is 144 g/mol. The molecule has 0 aliphatic carbocycles. The van der Waals surface area contributed by atoms with Crippen molar-refractivity contribution in [1.29, 1.82) is 0 Å². The minimum Gasteiger partial charge on any atom is -0.0991 e. The minimum atomic E-state index is 1.26. The first-order valence-electron chi connectivity index (χ1n) is 4.10. The summed E-state index contributed by atoms with van der Waals surface area (Å²) in [6, 6.07) is 8.47. The van der Waals surface area contributed by atoms with Crippen LogP contribution in [0.5, 0.6) is 0 Å². The molecule has 1 rings (SSSR count). The molecule has 0 saturated heterocycles. The molecule has 0 atom stereocenters. The summed E-state index contributed by atoms with van der Waals surface area (Å²) in [7, 11) is 0. The van der Waals surface area contributed by atoms with E-state index in [-0.39, 0.29) is 0 Å². The van der Waals surface area contributed by atoms with Gasteiger partial charge in [-0.25, -0.2) is 0 Å². The predicted molar refractivity (Wildman–Crippen MR) is 55.0 cm³/mol. The highest BCUT2D eigenvalue weighted by Crippen LogP contribution is 2.14. The highest BCUT2D eigenvalue weighted by molar-refractivity contribution is 5.65. The van der Waals surface area contributed by atoms with E-state index in [0.717, 1.165) is 0 Å². The summed E-state index contributed by atoms with van der Waals surface area (Å²) in [6.07, 6.45) is 3.84. The Bertz CT molecular complexity index is 306. The molecule has 0 amide bonds. The fourth-order valence-electron chi connectivity index (χ4n) is 1.16. The lowest BCUT2D eigenvalue weighted by molar-refractivity contribution is 1.44. The van der Waals surface area contributed by atoms with Gasteiger partial charge in [0.2, 0.25) is 0 Å². The highest BCUT2D eigenvalue weighted by Gasteiger charge is 1.92. The average molecular weight is 158 g/mol. The van der Waals surface area contributed by atoms with E-state index in [1.165, 1.54) is 16.7 Å². The Balaban J connectivity index is 3.03. The minimum absolute atomic E-state index is 1.26. The lowest BCUT2D eigenvalue weighted by Gasteiger charge is -2.00. The summed E-state index contributed by atoms with van der Waals surface area (Å²) in [5.74, 6) is 0. The zero-order valence-corrected chi connectivity index (χ0v) is 7.67. The van der Waals surface area contributed by atoms with E-state index < -0.39 is 0 Å². The van der Waals surface area contributed by atoms with E-state index in [2.05, 4.69) is 44.7 Å². The summed E-state index contributed by atoms with van der Waals surface area (Å²) in [6.45, 7) is 7.87. The molecule has 0 heterocycles. The fourth-order valence-corrected chi connectivity index (χ4v) is 1.16. The van der Waals surface area contributed by atoms with Crippen LogP contribution in [0.3, 0.4) is 0 Å². The molecule has 0 aromatic heterocycles. The van der Waals surface area contributed by atoms with Gasteiger partial charge in [-0.15, -0.1) is 0 Å². The van der Waals surface area contributed by atoms with Gasteiger partial charge in [-0.05, 0) is 25.0 Å². The van der Waals surface area contributed by atoms with Crippen LogP contribution >= 0.6 is 0 Å². The van der Waals surface area contributed by atoms with E-state index in [9.17, 15) is 0 Å². The molecule has 0 aliphatic rings. The molecule has 62 valence electrons. The molecule has 1 aromatic carbocycles. The molecule has 12 heavy (non-hydrogen) atoms. The summed E-state index contributed by atoms with van der Waals surface area (Å²) in [5.41, 5.74) is 3.83. The zero-order valence-electron chi connectivity index (χ0n) is 7.67. The van der Waals surface area contributed by atoms with E-state index >= 15 is 0 Å². The van der Waals surface area contributed by atoms with Gasteiger partial charge < -0.3 is 0 Å². The van der Waals surface area contributed by atoms with Crippen molar-refractivity contribution in [1.82, 2.24) is 0 Å². The lowest BCUT2D eigenvalue weighted by Crippen LogP contribution is -1.79. The van der Waals surface area contributed by atoms with E-state index in [4.69, 9.17) is 0 Å². The van der Waals surface area contributed by atoms with Gasteiger partial charge in [-0.3, -0.25) is 0 Å². The first kappa shape index (κ1) is 8.79. The molecule has 0 aliphatic heterocycles. The van der Waals surface area contributed by atoms with Gasteiger partial charge >= 0.3 is 0 Å². The van der Waals surface area contributed by atoms with Gasteiger partial charge in [0.05, 0.1) is 0 Å². The third-order valence-corrected chi connectivity index (χ3v) is 1.84. The summed E-state index contributed by atoms with van der Waals surface area (Å²) in [5, 5.41) is 0. The van der Waals surface area contributed by atoms with Crippen LogP contribution in [0.15, 0.2) is 43.0 Å². The Kier molecular flexibility index (Phi) is 2.87. The molecule has 0 radical (unpaired) electrons. The Morgan fingerprint density at radius 2 is 2.17 bits per heavy atom. The van der Waals surface area contributed by atoms with Crippen LogP contribution in [-0.4, -0.2) is 0 Å². The van der Waals surface area contributed by atoms with Crippen molar-refractivity contribution < 1.29 is 0 Å². The summed E-state index contributed by atoms with van der Waals surface area (Å²) in [4.78, 5) is 0. The van der Waals surface area contributed by atoms with Crippen LogP contribution in [0.25, 0.3) is 5.57 Å². The molecule has 0 fully saturated rings. The predicted octanol–water partition coefficient (Wildman–Crippen LogP) is 3.58. The standard InChI is InChI=1S/C12H14/c1-4-6-11(3)12-8-5-7-10(2)9-12/h4-9H,1H2,2-3H3/b11-6+. The SMILES string of the molecule is C=C/C=C(\C)c1cccc(C)c1. The maximum atomic E-state index is 3.67. The van der Waals surface area contributed by atoms with Gasteiger partial charge in [-0.1, -0.05) is 48.6 Å². The van der Waals surface area contributed by atoms with E-state index in [0.29, 0.717) is 0 Å². The number of rotatable bonds is 2. The second-order valence-corrected chi connectivity index (χ2v) is 2.95.